The number of nitrogens with zero attached hydrogens (tertiary/aromatic N) is 3. The molecule has 0 aromatic heterocycles. The van der Waals surface area contributed by atoms with Crippen LogP contribution in [0.4, 0.5) is 10.5 Å². The Morgan fingerprint density at radius 2 is 1.63 bits per heavy atom. The molecule has 1 aromatic carbocycles. The molecule has 150 valence electrons. The first-order chi connectivity index (χ1) is 12.6. The number of hydrogen-bond donors (Lipinski definition) is 0. The van der Waals surface area contributed by atoms with Gasteiger partial charge in [0.2, 0.25) is 15.9 Å². The number of aryl methyl sites for hydroxylation is 1. The molecule has 0 aliphatic carbocycles. The van der Waals surface area contributed by atoms with E-state index in [2.05, 4.69) is 0 Å². The number of sulfonamides is 1. The van der Waals surface area contributed by atoms with Gasteiger partial charge in [0.15, 0.2) is 0 Å². The van der Waals surface area contributed by atoms with Crippen LogP contribution < -0.4 is 4.31 Å². The van der Waals surface area contributed by atoms with Gasteiger partial charge in [-0.1, -0.05) is 17.7 Å². The quantitative estimate of drug-likeness (QED) is 0.751. The van der Waals surface area contributed by atoms with Crippen molar-refractivity contribution in [3.8, 4) is 0 Å². The van der Waals surface area contributed by atoms with Crippen molar-refractivity contribution in [3.63, 3.8) is 0 Å². The summed E-state index contributed by atoms with van der Waals surface area (Å²) >= 11 is 0. The zero-order valence-corrected chi connectivity index (χ0v) is 17.0. The van der Waals surface area contributed by atoms with Gasteiger partial charge in [0, 0.05) is 26.2 Å². The summed E-state index contributed by atoms with van der Waals surface area (Å²) in [6, 6.07) is 6.13. The van der Waals surface area contributed by atoms with E-state index in [9.17, 15) is 18.0 Å². The predicted octanol–water partition coefficient (Wildman–Crippen LogP) is 1.45. The largest absolute Gasteiger partial charge is 0.450 e. The highest BCUT2D eigenvalue weighted by atomic mass is 32.2. The van der Waals surface area contributed by atoms with Crippen molar-refractivity contribution in [2.24, 2.45) is 0 Å². The Hall–Kier alpha value is -2.29. The van der Waals surface area contributed by atoms with E-state index in [1.807, 2.05) is 19.1 Å². The number of rotatable bonds is 5. The van der Waals surface area contributed by atoms with Gasteiger partial charge in [-0.2, -0.15) is 0 Å². The van der Waals surface area contributed by atoms with Crippen LogP contribution in [0.5, 0.6) is 0 Å². The summed E-state index contributed by atoms with van der Waals surface area (Å²) in [7, 11) is -3.64. The number of anilines is 1. The number of carbonyl (C=O) groups excluding carboxylic acids is 2. The molecule has 9 heteroatoms. The Morgan fingerprint density at radius 1 is 1.11 bits per heavy atom. The van der Waals surface area contributed by atoms with Gasteiger partial charge in [-0.25, -0.2) is 13.2 Å². The van der Waals surface area contributed by atoms with E-state index in [1.165, 1.54) is 0 Å². The SMILES string of the molecule is CCOC(=O)N1CCN(C(=O)C(C)N(c2ccc(C)cc2)S(C)(=O)=O)CC1. The van der Waals surface area contributed by atoms with Crippen molar-refractivity contribution in [1.29, 1.82) is 0 Å². The third-order valence-corrected chi connectivity index (χ3v) is 5.71. The first kappa shape index (κ1) is 21.0. The monoisotopic (exact) mass is 397 g/mol. The molecule has 1 heterocycles. The highest BCUT2D eigenvalue weighted by Crippen LogP contribution is 2.22. The van der Waals surface area contributed by atoms with E-state index < -0.39 is 22.2 Å². The van der Waals surface area contributed by atoms with E-state index in [4.69, 9.17) is 4.74 Å². The van der Waals surface area contributed by atoms with E-state index in [-0.39, 0.29) is 5.91 Å². The summed E-state index contributed by atoms with van der Waals surface area (Å²) in [6.45, 7) is 6.94. The molecule has 1 saturated heterocycles. The van der Waals surface area contributed by atoms with E-state index in [1.54, 1.807) is 35.8 Å². The molecule has 1 aliphatic heterocycles. The fourth-order valence-electron chi connectivity index (χ4n) is 3.08. The maximum Gasteiger partial charge on any atom is 0.409 e. The molecule has 0 N–H and O–H groups in total. The van der Waals surface area contributed by atoms with Crippen LogP contribution in [-0.2, 0) is 19.6 Å². The van der Waals surface area contributed by atoms with Gasteiger partial charge in [-0.15, -0.1) is 0 Å². The van der Waals surface area contributed by atoms with Gasteiger partial charge in [0.1, 0.15) is 6.04 Å². The standard InChI is InChI=1S/C18H27N3O5S/c1-5-26-18(23)20-12-10-19(11-13-20)17(22)15(3)21(27(4,24)25)16-8-6-14(2)7-9-16/h6-9,15H,5,10-13H2,1-4H3. The highest BCUT2D eigenvalue weighted by molar-refractivity contribution is 7.92. The smallest absolute Gasteiger partial charge is 0.409 e. The fourth-order valence-corrected chi connectivity index (χ4v) is 4.25. The van der Waals surface area contributed by atoms with Gasteiger partial charge < -0.3 is 14.5 Å². The highest BCUT2D eigenvalue weighted by Gasteiger charge is 2.34. The first-order valence-electron chi connectivity index (χ1n) is 8.91. The molecule has 0 saturated carbocycles. The van der Waals surface area contributed by atoms with Gasteiger partial charge in [-0.05, 0) is 32.9 Å². The minimum atomic E-state index is -3.64. The first-order valence-corrected chi connectivity index (χ1v) is 10.8. The summed E-state index contributed by atoms with van der Waals surface area (Å²) in [5.41, 5.74) is 1.45. The van der Waals surface area contributed by atoms with Crippen molar-refractivity contribution in [2.75, 3.05) is 43.3 Å². The van der Waals surface area contributed by atoms with Gasteiger partial charge in [0.05, 0.1) is 18.6 Å². The van der Waals surface area contributed by atoms with E-state index >= 15 is 0 Å². The number of carbonyl (C=O) groups is 2. The van der Waals surface area contributed by atoms with Crippen molar-refractivity contribution < 1.29 is 22.7 Å². The third kappa shape index (κ3) is 5.12. The number of benzene rings is 1. The molecule has 1 aromatic rings. The Kier molecular flexibility index (Phi) is 6.69. The Labute approximate surface area is 160 Å². The molecule has 27 heavy (non-hydrogen) atoms. The molecular formula is C18H27N3O5S. The van der Waals surface area contributed by atoms with Crippen LogP contribution in [0.1, 0.15) is 19.4 Å². The molecule has 1 aliphatic rings. The maximum absolute atomic E-state index is 12.9. The summed E-state index contributed by atoms with van der Waals surface area (Å²) in [6.07, 6.45) is 0.699. The van der Waals surface area contributed by atoms with E-state index in [0.29, 0.717) is 38.5 Å². The molecule has 8 nitrogen and oxygen atoms in total. The molecule has 1 fully saturated rings. The molecule has 2 rings (SSSR count). The minimum Gasteiger partial charge on any atom is -0.450 e. The van der Waals surface area contributed by atoms with Crippen molar-refractivity contribution >= 4 is 27.7 Å². The average molecular weight is 397 g/mol. The zero-order valence-electron chi connectivity index (χ0n) is 16.2. The lowest BCUT2D eigenvalue weighted by molar-refractivity contribution is -0.133. The minimum absolute atomic E-state index is 0.287. The average Bonchev–Trinajstić information content (AvgIpc) is 2.62. The number of piperazine rings is 1. The van der Waals surface area contributed by atoms with Crippen molar-refractivity contribution in [1.82, 2.24) is 9.80 Å². The molecule has 2 amide bonds. The Morgan fingerprint density at radius 3 is 2.11 bits per heavy atom. The van der Waals surface area contributed by atoms with Crippen LogP contribution in [0.2, 0.25) is 0 Å². The number of ether oxygens (including phenoxy) is 1. The lowest BCUT2D eigenvalue weighted by Gasteiger charge is -2.37. The summed E-state index contributed by atoms with van der Waals surface area (Å²) in [5.74, 6) is -0.287. The lowest BCUT2D eigenvalue weighted by Crippen LogP contribution is -2.56. The van der Waals surface area contributed by atoms with Crippen LogP contribution in [0.15, 0.2) is 24.3 Å². The van der Waals surface area contributed by atoms with Crippen molar-refractivity contribution in [3.05, 3.63) is 29.8 Å². The molecule has 0 radical (unpaired) electrons. The number of hydrogen-bond acceptors (Lipinski definition) is 5. The molecule has 1 unspecified atom stereocenters. The number of amides is 2. The summed E-state index contributed by atoms with van der Waals surface area (Å²) in [5, 5.41) is 0. The Bertz CT molecular complexity index is 771. The van der Waals surface area contributed by atoms with Gasteiger partial charge >= 0.3 is 6.09 Å². The van der Waals surface area contributed by atoms with Crippen molar-refractivity contribution in [2.45, 2.75) is 26.8 Å². The Balaban J connectivity index is 2.12. The summed E-state index contributed by atoms with van der Waals surface area (Å²) < 4.78 is 30.8. The van der Waals surface area contributed by atoms with Gasteiger partial charge in [-0.3, -0.25) is 9.10 Å². The maximum atomic E-state index is 12.9. The van der Waals surface area contributed by atoms with Crippen LogP contribution in [0.25, 0.3) is 0 Å². The molecule has 0 spiro atoms. The zero-order chi connectivity index (χ0) is 20.2. The fraction of sp³-hybridized carbons (Fsp3) is 0.556. The van der Waals surface area contributed by atoms with Crippen LogP contribution in [0.3, 0.4) is 0 Å². The molecule has 0 bridgehead atoms. The van der Waals surface area contributed by atoms with Gasteiger partial charge in [0.25, 0.3) is 0 Å². The van der Waals surface area contributed by atoms with Crippen LogP contribution in [0, 0.1) is 6.92 Å². The lowest BCUT2D eigenvalue weighted by atomic mass is 10.2. The second-order valence-corrected chi connectivity index (χ2v) is 8.44. The van der Waals surface area contributed by atoms with E-state index in [0.717, 1.165) is 16.1 Å². The predicted molar refractivity (Wildman–Crippen MR) is 103 cm³/mol. The second kappa shape index (κ2) is 8.60. The second-order valence-electron chi connectivity index (χ2n) is 6.58. The molecular weight excluding hydrogens is 370 g/mol. The van der Waals surface area contributed by atoms with Crippen LogP contribution in [-0.4, -0.2) is 75.3 Å². The normalized spacial score (nSPS) is 16.0. The van der Waals surface area contributed by atoms with Crippen LogP contribution >= 0.6 is 0 Å². The topological polar surface area (TPSA) is 87.2 Å². The third-order valence-electron chi connectivity index (χ3n) is 4.47. The summed E-state index contributed by atoms with van der Waals surface area (Å²) in [4.78, 5) is 27.8. The molecule has 1 atom stereocenters.